The summed E-state index contributed by atoms with van der Waals surface area (Å²) in [6.07, 6.45) is 9.75. The molecule has 1 rings (SSSR count). The topological polar surface area (TPSA) is 38.8 Å². The van der Waals surface area contributed by atoms with E-state index in [2.05, 4.69) is 31.2 Å². The third-order valence-corrected chi connectivity index (χ3v) is 3.63. The molecule has 2 unspecified atom stereocenters. The number of allylic oxidation sites excluding steroid dienone is 4. The molecule has 1 saturated heterocycles. The minimum atomic E-state index is -2.86. The maximum atomic E-state index is 11.9. The normalized spacial score (nSPS) is 22.5. The first-order valence-corrected chi connectivity index (χ1v) is 9.24. The van der Waals surface area contributed by atoms with Gasteiger partial charge in [0.15, 0.2) is 0 Å². The van der Waals surface area contributed by atoms with Crippen LogP contribution in [0.4, 0.5) is 0 Å². The third kappa shape index (κ3) is 14.5. The second-order valence-corrected chi connectivity index (χ2v) is 5.99. The first-order valence-electron chi connectivity index (χ1n) is 11.8. The maximum absolute atomic E-state index is 11.9. The van der Waals surface area contributed by atoms with Crippen LogP contribution in [0.15, 0.2) is 24.3 Å². The van der Waals surface area contributed by atoms with Crippen molar-refractivity contribution in [2.45, 2.75) is 90.0 Å². The van der Waals surface area contributed by atoms with Crippen LogP contribution in [-0.2, 0) is 14.3 Å². The average Bonchev–Trinajstić information content (AvgIpc) is 3.50. The molecular formula is C21H36O3. The summed E-state index contributed by atoms with van der Waals surface area (Å²) in [5.74, 6) is -1.26. The minimum absolute atomic E-state index is 0.0721. The summed E-state index contributed by atoms with van der Waals surface area (Å²) in [5, 5.41) is 0. The standard InChI is InChI=1S/C21H36O3/c1-2-3-4-5-6-7-8-9-10-11-12-13-14-15-16-17-21(22)24-19-20-18-23-20/h6-7,9-10,20H,2-5,8,11-19H2,1H3/b7-6-,10-9-/i15D,16D2,17D2. The van der Waals surface area contributed by atoms with Gasteiger partial charge in [-0.05, 0) is 38.5 Å². The van der Waals surface area contributed by atoms with Gasteiger partial charge in [0.1, 0.15) is 12.7 Å². The Balaban J connectivity index is 2.23. The van der Waals surface area contributed by atoms with Crippen LogP contribution < -0.4 is 0 Å². The van der Waals surface area contributed by atoms with Gasteiger partial charge in [0.05, 0.1) is 6.61 Å². The van der Waals surface area contributed by atoms with Crippen LogP contribution in [0.5, 0.6) is 0 Å². The zero-order chi connectivity index (χ0) is 21.8. The van der Waals surface area contributed by atoms with Gasteiger partial charge < -0.3 is 9.47 Å². The zero-order valence-corrected chi connectivity index (χ0v) is 15.0. The molecule has 0 aromatic carbocycles. The fraction of sp³-hybridized carbons (Fsp3) is 0.762. The molecule has 0 saturated carbocycles. The SMILES string of the molecule is [2H]C(CCCC/C=C\C/C=C\CCCCC)C([2H])([2H])C([2H])([2H])C(=O)OCC1CO1. The van der Waals surface area contributed by atoms with Gasteiger partial charge in [0.2, 0.25) is 0 Å². The number of rotatable bonds is 16. The molecule has 1 fully saturated rings. The van der Waals surface area contributed by atoms with Crippen molar-refractivity contribution in [2.75, 3.05) is 13.2 Å². The van der Waals surface area contributed by atoms with Gasteiger partial charge in [0.25, 0.3) is 0 Å². The van der Waals surface area contributed by atoms with Crippen LogP contribution in [-0.4, -0.2) is 25.3 Å². The van der Waals surface area contributed by atoms with E-state index in [1.807, 2.05) is 0 Å². The molecule has 2 atom stereocenters. The van der Waals surface area contributed by atoms with Crippen LogP contribution in [0.25, 0.3) is 0 Å². The second-order valence-electron chi connectivity index (χ2n) is 5.99. The Hall–Kier alpha value is -1.09. The highest BCUT2D eigenvalue weighted by molar-refractivity contribution is 5.69. The number of unbranched alkanes of at least 4 members (excludes halogenated alkanes) is 5. The van der Waals surface area contributed by atoms with E-state index >= 15 is 0 Å². The Morgan fingerprint density at radius 1 is 1.12 bits per heavy atom. The lowest BCUT2D eigenvalue weighted by molar-refractivity contribution is -0.144. The summed E-state index contributed by atoms with van der Waals surface area (Å²) in [7, 11) is 0. The Morgan fingerprint density at radius 3 is 2.50 bits per heavy atom. The van der Waals surface area contributed by atoms with Gasteiger partial charge in [-0.3, -0.25) is 4.79 Å². The van der Waals surface area contributed by atoms with E-state index in [0.717, 1.165) is 25.7 Å². The van der Waals surface area contributed by atoms with E-state index < -0.39 is 25.1 Å². The van der Waals surface area contributed by atoms with Crippen molar-refractivity contribution >= 4 is 5.97 Å². The molecule has 0 bridgehead atoms. The molecule has 0 aliphatic carbocycles. The lowest BCUT2D eigenvalue weighted by atomic mass is 10.1. The summed E-state index contributed by atoms with van der Waals surface area (Å²) in [5.41, 5.74) is 0. The van der Waals surface area contributed by atoms with Crippen molar-refractivity contribution in [3.8, 4) is 0 Å². The third-order valence-electron chi connectivity index (χ3n) is 3.63. The summed E-state index contributed by atoms with van der Waals surface area (Å²) in [4.78, 5) is 11.9. The molecule has 0 aromatic heterocycles. The van der Waals surface area contributed by atoms with Crippen LogP contribution in [0.3, 0.4) is 0 Å². The highest BCUT2D eigenvalue weighted by atomic mass is 16.6. The average molecular weight is 342 g/mol. The molecule has 0 aromatic rings. The van der Waals surface area contributed by atoms with Crippen LogP contribution in [0.2, 0.25) is 0 Å². The summed E-state index contributed by atoms with van der Waals surface area (Å²) in [6, 6.07) is 0. The molecule has 1 aliphatic rings. The van der Waals surface area contributed by atoms with Gasteiger partial charge in [-0.1, -0.05) is 63.3 Å². The van der Waals surface area contributed by atoms with Gasteiger partial charge >= 0.3 is 5.97 Å². The monoisotopic (exact) mass is 341 g/mol. The Labute approximate surface area is 155 Å². The van der Waals surface area contributed by atoms with Crippen molar-refractivity contribution in [1.29, 1.82) is 0 Å². The molecule has 24 heavy (non-hydrogen) atoms. The van der Waals surface area contributed by atoms with Gasteiger partial charge in [-0.15, -0.1) is 0 Å². The van der Waals surface area contributed by atoms with Crippen molar-refractivity contribution in [2.24, 2.45) is 0 Å². The van der Waals surface area contributed by atoms with Gasteiger partial charge in [-0.25, -0.2) is 0 Å². The van der Waals surface area contributed by atoms with Crippen molar-refractivity contribution < 1.29 is 21.1 Å². The van der Waals surface area contributed by atoms with Crippen LogP contribution in [0, 0.1) is 0 Å². The lowest BCUT2D eigenvalue weighted by Crippen LogP contribution is -2.09. The smallest absolute Gasteiger partial charge is 0.305 e. The van der Waals surface area contributed by atoms with E-state index in [1.54, 1.807) is 0 Å². The molecule has 1 heterocycles. The highest BCUT2D eigenvalue weighted by Gasteiger charge is 2.23. The fourth-order valence-corrected chi connectivity index (χ4v) is 2.08. The summed E-state index contributed by atoms with van der Waals surface area (Å²) < 4.78 is 49.3. The van der Waals surface area contributed by atoms with Gasteiger partial charge in [-0.2, -0.15) is 0 Å². The molecular weight excluding hydrogens is 300 g/mol. The minimum Gasteiger partial charge on any atom is -0.463 e. The number of carbonyl (C=O) groups is 1. The predicted molar refractivity (Wildman–Crippen MR) is 100 cm³/mol. The zero-order valence-electron chi connectivity index (χ0n) is 20.0. The molecule has 1 aliphatic heterocycles. The van der Waals surface area contributed by atoms with E-state index in [1.165, 1.54) is 19.3 Å². The number of hydrogen-bond donors (Lipinski definition) is 0. The number of hydrogen-bond acceptors (Lipinski definition) is 3. The van der Waals surface area contributed by atoms with Crippen molar-refractivity contribution in [1.82, 2.24) is 0 Å². The van der Waals surface area contributed by atoms with Gasteiger partial charge in [0, 0.05) is 13.2 Å². The number of esters is 1. The lowest BCUT2D eigenvalue weighted by Gasteiger charge is -2.02. The largest absolute Gasteiger partial charge is 0.463 e. The number of carbonyl (C=O) groups excluding carboxylic acids is 1. The summed E-state index contributed by atoms with van der Waals surface area (Å²) >= 11 is 0. The molecule has 138 valence electrons. The van der Waals surface area contributed by atoms with E-state index in [-0.39, 0.29) is 19.1 Å². The van der Waals surface area contributed by atoms with Crippen molar-refractivity contribution in [3.05, 3.63) is 24.3 Å². The first-order chi connectivity index (χ1) is 13.7. The number of ether oxygens (including phenoxy) is 2. The highest BCUT2D eigenvalue weighted by Crippen LogP contribution is 2.11. The first kappa shape index (κ1) is 14.1. The Morgan fingerprint density at radius 2 is 1.83 bits per heavy atom. The molecule has 0 radical (unpaired) electrons. The Kier molecular flexibility index (Phi) is 9.08. The second kappa shape index (κ2) is 15.4. The molecule has 0 N–H and O–H groups in total. The molecule has 0 spiro atoms. The number of epoxide rings is 1. The molecule has 3 heteroatoms. The van der Waals surface area contributed by atoms with E-state index in [9.17, 15) is 4.79 Å². The quantitative estimate of drug-likeness (QED) is 0.155. The van der Waals surface area contributed by atoms with Crippen LogP contribution in [0.1, 0.15) is 90.7 Å². The maximum Gasteiger partial charge on any atom is 0.305 e. The van der Waals surface area contributed by atoms with Crippen LogP contribution >= 0.6 is 0 Å². The molecule has 0 amide bonds. The van der Waals surface area contributed by atoms with Crippen molar-refractivity contribution in [3.63, 3.8) is 0 Å². The molecule has 3 nitrogen and oxygen atoms in total. The van der Waals surface area contributed by atoms with E-state index in [0.29, 0.717) is 13.0 Å². The fourth-order valence-electron chi connectivity index (χ4n) is 2.08. The predicted octanol–water partition coefficient (Wildman–Crippen LogP) is 5.74. The van der Waals surface area contributed by atoms with E-state index in [4.69, 9.17) is 16.3 Å². The Bertz CT molecular complexity index is 530. The summed E-state index contributed by atoms with van der Waals surface area (Å²) in [6.45, 7) is 2.59.